The number of nitrogens with two attached hydrogens (primary N) is 1. The number of aryl methyl sites for hydroxylation is 1. The van der Waals surface area contributed by atoms with Gasteiger partial charge < -0.3 is 20.5 Å². The van der Waals surface area contributed by atoms with Crippen LogP contribution in [0.5, 0.6) is 0 Å². The zero-order valence-corrected chi connectivity index (χ0v) is 31.3. The Hall–Kier alpha value is -3.81. The SMILES string of the molecule is CC.CC.CC(C)C.CCCC.CCCc1ccc(-c2ccc(COC3COC[C@@H]3NC(=O)c3cc(C4=CN=C4)cnc3N)cc2)cc1. The second kappa shape index (κ2) is 24.3. The van der Waals surface area contributed by atoms with Crippen LogP contribution in [0.2, 0.25) is 0 Å². The molecule has 48 heavy (non-hydrogen) atoms. The number of pyridine rings is 1. The third-order valence-corrected chi connectivity index (χ3v) is 7.01. The number of aliphatic imine (C=N–C) groups is 1. The number of allylic oxidation sites excluding steroid dienone is 1. The molecule has 7 nitrogen and oxygen atoms in total. The van der Waals surface area contributed by atoms with Crippen molar-refractivity contribution in [3.63, 3.8) is 0 Å². The van der Waals surface area contributed by atoms with Crippen LogP contribution in [-0.2, 0) is 22.5 Å². The first kappa shape index (κ1) is 42.2. The maximum atomic E-state index is 13.0. The maximum Gasteiger partial charge on any atom is 0.255 e. The van der Waals surface area contributed by atoms with Gasteiger partial charge in [-0.15, -0.1) is 0 Å². The van der Waals surface area contributed by atoms with Gasteiger partial charge in [0.2, 0.25) is 0 Å². The molecular weight excluding hydrogens is 596 g/mol. The van der Waals surface area contributed by atoms with E-state index in [-0.39, 0.29) is 23.9 Å². The first-order valence-corrected chi connectivity index (χ1v) is 17.9. The van der Waals surface area contributed by atoms with Crippen molar-refractivity contribution >= 4 is 23.5 Å². The van der Waals surface area contributed by atoms with Gasteiger partial charge in [-0.2, -0.15) is 0 Å². The Morgan fingerprint density at radius 2 is 1.42 bits per heavy atom. The Bertz CT molecular complexity index is 1360. The lowest BCUT2D eigenvalue weighted by Gasteiger charge is -2.20. The largest absolute Gasteiger partial charge is 0.383 e. The second-order valence-corrected chi connectivity index (χ2v) is 11.9. The topological polar surface area (TPSA) is 98.8 Å². The van der Waals surface area contributed by atoms with Crippen LogP contribution in [0.1, 0.15) is 116 Å². The number of nitrogens with zero attached hydrogens (tertiary/aromatic N) is 2. The number of carbonyl (C=O) groups excluding carboxylic acids is 1. The fourth-order valence-electron chi connectivity index (χ4n) is 4.34. The molecular formula is C41H62N4O3. The molecule has 1 fully saturated rings. The normalized spacial score (nSPS) is 15.5. The van der Waals surface area contributed by atoms with Crippen molar-refractivity contribution in [2.45, 2.75) is 114 Å². The first-order valence-electron chi connectivity index (χ1n) is 17.9. The number of nitrogens with one attached hydrogen (secondary N) is 1. The first-order chi connectivity index (χ1) is 23.2. The number of amides is 1. The summed E-state index contributed by atoms with van der Waals surface area (Å²) in [5, 5.41) is 3.01. The molecule has 2 aromatic carbocycles. The number of anilines is 1. The molecule has 3 heterocycles. The van der Waals surface area contributed by atoms with E-state index in [2.05, 4.69) is 105 Å². The molecule has 1 aromatic heterocycles. The zero-order valence-electron chi connectivity index (χ0n) is 31.3. The number of ether oxygens (including phenoxy) is 2. The van der Waals surface area contributed by atoms with Gasteiger partial charge in [0.25, 0.3) is 5.91 Å². The molecule has 2 aliphatic heterocycles. The molecule has 7 heteroatoms. The summed E-state index contributed by atoms with van der Waals surface area (Å²) < 4.78 is 11.7. The predicted octanol–water partition coefficient (Wildman–Crippen LogP) is 9.94. The molecule has 3 N–H and O–H groups in total. The Labute approximate surface area is 291 Å². The molecule has 0 aliphatic carbocycles. The van der Waals surface area contributed by atoms with Crippen molar-refractivity contribution in [2.75, 3.05) is 18.9 Å². The van der Waals surface area contributed by atoms with E-state index < -0.39 is 0 Å². The van der Waals surface area contributed by atoms with Crippen molar-refractivity contribution in [3.8, 4) is 11.1 Å². The molecule has 1 amide bonds. The smallest absolute Gasteiger partial charge is 0.255 e. The fraction of sp³-hybridized carbons (Fsp3) is 0.488. The van der Waals surface area contributed by atoms with Crippen LogP contribution in [0, 0.1) is 5.92 Å². The third-order valence-electron chi connectivity index (χ3n) is 7.01. The summed E-state index contributed by atoms with van der Waals surface area (Å²) in [7, 11) is 0. The van der Waals surface area contributed by atoms with Crippen molar-refractivity contribution < 1.29 is 14.3 Å². The van der Waals surface area contributed by atoms with E-state index in [0.717, 1.165) is 35.5 Å². The summed E-state index contributed by atoms with van der Waals surface area (Å²) in [6.45, 7) is 22.3. The van der Waals surface area contributed by atoms with E-state index >= 15 is 0 Å². The highest BCUT2D eigenvalue weighted by molar-refractivity contribution is 6.15. The quantitative estimate of drug-likeness (QED) is 0.226. The molecule has 5 rings (SSSR count). The van der Waals surface area contributed by atoms with Crippen LogP contribution in [0.4, 0.5) is 5.82 Å². The number of aromatic nitrogens is 1. The monoisotopic (exact) mass is 658 g/mol. The molecule has 0 radical (unpaired) electrons. The number of rotatable bonds is 10. The van der Waals surface area contributed by atoms with Crippen molar-refractivity contribution in [3.05, 3.63) is 89.2 Å². The van der Waals surface area contributed by atoms with Crippen LogP contribution >= 0.6 is 0 Å². The zero-order chi connectivity index (χ0) is 35.9. The van der Waals surface area contributed by atoms with Crippen molar-refractivity contribution in [2.24, 2.45) is 10.9 Å². The Morgan fingerprint density at radius 1 is 0.875 bits per heavy atom. The lowest BCUT2D eigenvalue weighted by molar-refractivity contribution is 0.0218. The highest BCUT2D eigenvalue weighted by Crippen LogP contribution is 2.23. The molecule has 2 atom stereocenters. The number of nitrogen functional groups attached to an aromatic ring is 1. The molecule has 264 valence electrons. The fourth-order valence-corrected chi connectivity index (χ4v) is 4.34. The van der Waals surface area contributed by atoms with Crippen molar-refractivity contribution in [1.29, 1.82) is 0 Å². The third kappa shape index (κ3) is 14.5. The predicted molar refractivity (Wildman–Crippen MR) is 205 cm³/mol. The maximum absolute atomic E-state index is 13.0. The lowest BCUT2D eigenvalue weighted by atomic mass is 10.0. The van der Waals surface area contributed by atoms with Gasteiger partial charge in [-0.25, -0.2) is 4.98 Å². The minimum Gasteiger partial charge on any atom is -0.383 e. The van der Waals surface area contributed by atoms with Gasteiger partial charge in [-0.05, 0) is 40.7 Å². The molecule has 2 aliphatic rings. The summed E-state index contributed by atoms with van der Waals surface area (Å²) in [5.41, 5.74) is 12.8. The van der Waals surface area contributed by atoms with Crippen LogP contribution in [0.3, 0.4) is 0 Å². The van der Waals surface area contributed by atoms with Crippen LogP contribution in [-0.4, -0.2) is 42.5 Å². The van der Waals surface area contributed by atoms with Crippen molar-refractivity contribution in [1.82, 2.24) is 10.3 Å². The Morgan fingerprint density at radius 3 is 1.90 bits per heavy atom. The van der Waals surface area contributed by atoms with E-state index in [9.17, 15) is 4.79 Å². The van der Waals surface area contributed by atoms with Crippen LogP contribution in [0.15, 0.2) is 72.0 Å². The number of hydrogen-bond donors (Lipinski definition) is 2. The van der Waals surface area contributed by atoms with Gasteiger partial charge in [0.05, 0.1) is 31.4 Å². The number of hydrogen-bond acceptors (Lipinski definition) is 6. The minimum absolute atomic E-state index is 0.185. The summed E-state index contributed by atoms with van der Waals surface area (Å²) in [6, 6.07) is 18.6. The summed E-state index contributed by atoms with van der Waals surface area (Å²) in [6.07, 6.45) is 9.72. The van der Waals surface area contributed by atoms with Crippen LogP contribution < -0.4 is 11.1 Å². The number of unbranched alkanes of at least 4 members (excludes halogenated alkanes) is 1. The van der Waals surface area contributed by atoms with Gasteiger partial charge >= 0.3 is 0 Å². The number of benzene rings is 2. The van der Waals surface area contributed by atoms with Gasteiger partial charge in [0, 0.05) is 29.7 Å². The average molecular weight is 659 g/mol. The van der Waals surface area contributed by atoms with Gasteiger partial charge in [-0.1, -0.05) is 137 Å². The molecule has 0 bridgehead atoms. The Balaban J connectivity index is 0.000000843. The van der Waals surface area contributed by atoms with E-state index in [1.807, 2.05) is 27.7 Å². The van der Waals surface area contributed by atoms with E-state index in [1.54, 1.807) is 24.7 Å². The van der Waals surface area contributed by atoms with Gasteiger partial charge in [0.15, 0.2) is 0 Å². The molecule has 3 aromatic rings. The molecule has 0 spiro atoms. The highest BCUT2D eigenvalue weighted by Gasteiger charge is 2.31. The van der Waals surface area contributed by atoms with Crippen LogP contribution in [0.25, 0.3) is 16.7 Å². The second-order valence-electron chi connectivity index (χ2n) is 11.9. The van der Waals surface area contributed by atoms with E-state index in [4.69, 9.17) is 15.2 Å². The number of carbonyl (C=O) groups is 1. The summed E-state index contributed by atoms with van der Waals surface area (Å²) >= 11 is 0. The van der Waals surface area contributed by atoms with E-state index in [1.165, 1.54) is 29.5 Å². The summed E-state index contributed by atoms with van der Waals surface area (Å²) in [4.78, 5) is 21.1. The highest BCUT2D eigenvalue weighted by atomic mass is 16.5. The van der Waals surface area contributed by atoms with E-state index in [0.29, 0.717) is 25.4 Å². The summed E-state index contributed by atoms with van der Waals surface area (Å²) in [5.74, 6) is 0.724. The Kier molecular flexibility index (Phi) is 21.4. The molecule has 1 saturated heterocycles. The molecule has 0 saturated carbocycles. The lowest BCUT2D eigenvalue weighted by Crippen LogP contribution is -2.44. The average Bonchev–Trinajstić information content (AvgIpc) is 3.53. The molecule has 1 unspecified atom stereocenters. The van der Waals surface area contributed by atoms with Gasteiger partial charge in [0.1, 0.15) is 11.9 Å². The van der Waals surface area contributed by atoms with Gasteiger partial charge in [-0.3, -0.25) is 9.79 Å². The minimum atomic E-state index is -0.294. The standard InChI is InChI=1S/C29H30N4O3.2C4H10.2C2H6/c1-2-3-19-4-8-21(9-5-19)22-10-6-20(7-11-22)16-36-27-18-35-17-26(27)33-29(34)25-12-23(15-32-28(25)30)24-13-31-14-24;1-4(2)3;1-3-4-2;2*1-2/h4-15,26-27H,2-3,16-18H2,1H3,(H2,30,32)(H,33,34);4H,1-3H3;3-4H2,1-2H3;2*1-2H3/t26-,27?;;;;/m0..../s1.